The van der Waals surface area contributed by atoms with Gasteiger partial charge in [0.15, 0.2) is 0 Å². The van der Waals surface area contributed by atoms with Crippen LogP contribution in [-0.2, 0) is 4.74 Å². The Bertz CT molecular complexity index is 372. The molecule has 0 aliphatic carbocycles. The molecule has 2 N–H and O–H groups in total. The molecule has 1 saturated heterocycles. The number of likely N-dealkylation sites (tertiary alicyclic amines) is 1. The number of hydrogen-bond donors (Lipinski definition) is 1. The quantitative estimate of drug-likeness (QED) is 0.926. The van der Waals surface area contributed by atoms with Gasteiger partial charge in [0.2, 0.25) is 0 Å². The van der Waals surface area contributed by atoms with Gasteiger partial charge in [-0.2, -0.15) is 0 Å². The Morgan fingerprint density at radius 1 is 1.53 bits per heavy atom. The van der Waals surface area contributed by atoms with Gasteiger partial charge < -0.3 is 10.5 Å². The summed E-state index contributed by atoms with van der Waals surface area (Å²) in [5, 5.41) is 0. The first-order valence-corrected chi connectivity index (χ1v) is 6.77. The second-order valence-electron chi connectivity index (χ2n) is 4.41. The average Bonchev–Trinajstić information content (AvgIpc) is 2.81. The molecule has 1 aliphatic heterocycles. The summed E-state index contributed by atoms with van der Waals surface area (Å²) in [6.45, 7) is 2.67. The van der Waals surface area contributed by atoms with E-state index >= 15 is 0 Å². The van der Waals surface area contributed by atoms with Crippen LogP contribution in [0.3, 0.4) is 0 Å². The highest BCUT2D eigenvalue weighted by Gasteiger charge is 2.29. The van der Waals surface area contributed by atoms with Gasteiger partial charge in [-0.25, -0.2) is 0 Å². The lowest BCUT2D eigenvalue weighted by molar-refractivity contribution is 0.101. The van der Waals surface area contributed by atoms with Crippen LogP contribution >= 0.6 is 15.9 Å². The van der Waals surface area contributed by atoms with Crippen LogP contribution in [0.1, 0.15) is 18.0 Å². The molecule has 2 unspecified atom stereocenters. The van der Waals surface area contributed by atoms with E-state index in [1.165, 1.54) is 5.56 Å². The molecule has 1 aromatic carbocycles. The zero-order chi connectivity index (χ0) is 12.3. The number of nitrogens with two attached hydrogens (primary N) is 1. The third-order valence-corrected chi connectivity index (χ3v) is 4.16. The van der Waals surface area contributed by atoms with E-state index < -0.39 is 0 Å². The Balaban J connectivity index is 2.15. The highest BCUT2D eigenvalue weighted by atomic mass is 79.9. The summed E-state index contributed by atoms with van der Waals surface area (Å²) in [5.41, 5.74) is 7.21. The van der Waals surface area contributed by atoms with Crippen molar-refractivity contribution in [3.8, 4) is 0 Å². The van der Waals surface area contributed by atoms with Gasteiger partial charge in [-0.1, -0.05) is 34.1 Å². The first-order valence-electron chi connectivity index (χ1n) is 5.97. The molecule has 4 heteroatoms. The Labute approximate surface area is 111 Å². The fourth-order valence-electron chi connectivity index (χ4n) is 2.45. The van der Waals surface area contributed by atoms with Crippen LogP contribution in [0.5, 0.6) is 0 Å². The molecule has 2 atom stereocenters. The number of halogens is 1. The summed E-state index contributed by atoms with van der Waals surface area (Å²) in [6, 6.07) is 8.59. The van der Waals surface area contributed by atoms with Crippen molar-refractivity contribution < 1.29 is 4.74 Å². The summed E-state index contributed by atoms with van der Waals surface area (Å²) < 4.78 is 6.54. The van der Waals surface area contributed by atoms with Crippen LogP contribution in [0, 0.1) is 0 Å². The molecule has 1 heterocycles. The molecule has 0 saturated carbocycles. The Morgan fingerprint density at radius 2 is 2.29 bits per heavy atom. The van der Waals surface area contributed by atoms with Crippen molar-refractivity contribution >= 4 is 15.9 Å². The maximum atomic E-state index is 5.94. The van der Waals surface area contributed by atoms with E-state index in [4.69, 9.17) is 10.5 Å². The number of benzene rings is 1. The fraction of sp³-hybridized carbons (Fsp3) is 0.538. The van der Waals surface area contributed by atoms with Crippen LogP contribution in [0.15, 0.2) is 28.7 Å². The molecule has 0 amide bonds. The van der Waals surface area contributed by atoms with Gasteiger partial charge in [-0.3, -0.25) is 4.90 Å². The number of nitrogens with zero attached hydrogens (tertiary/aromatic N) is 1. The molecular weight excluding hydrogens is 280 g/mol. The molecule has 1 fully saturated rings. The van der Waals surface area contributed by atoms with Crippen LogP contribution in [0.4, 0.5) is 0 Å². The van der Waals surface area contributed by atoms with E-state index in [1.54, 1.807) is 7.11 Å². The number of ether oxygens (including phenoxy) is 1. The summed E-state index contributed by atoms with van der Waals surface area (Å²) in [6.07, 6.45) is 1.45. The summed E-state index contributed by atoms with van der Waals surface area (Å²) in [5.74, 6) is 0. The SMILES string of the molecule is COC1CCN(C(CN)c2ccccc2Br)C1. The molecule has 3 nitrogen and oxygen atoms in total. The maximum absolute atomic E-state index is 5.94. The van der Waals surface area contributed by atoms with E-state index in [9.17, 15) is 0 Å². The molecular formula is C13H19BrN2O. The lowest BCUT2D eigenvalue weighted by atomic mass is 10.1. The summed E-state index contributed by atoms with van der Waals surface area (Å²) in [7, 11) is 1.78. The van der Waals surface area contributed by atoms with E-state index in [2.05, 4.69) is 39.0 Å². The minimum atomic E-state index is 0.283. The van der Waals surface area contributed by atoms with Crippen LogP contribution < -0.4 is 5.73 Å². The Morgan fingerprint density at radius 3 is 2.88 bits per heavy atom. The number of methoxy groups -OCH3 is 1. The Kier molecular flexibility index (Phi) is 4.56. The number of hydrogen-bond acceptors (Lipinski definition) is 3. The molecule has 0 aromatic heterocycles. The smallest absolute Gasteiger partial charge is 0.0710 e. The van der Waals surface area contributed by atoms with E-state index in [0.29, 0.717) is 12.6 Å². The molecule has 2 rings (SSSR count). The standard InChI is InChI=1S/C13H19BrN2O/c1-17-10-6-7-16(9-10)13(8-15)11-4-2-3-5-12(11)14/h2-5,10,13H,6-9,15H2,1H3. The van der Waals surface area contributed by atoms with Gasteiger partial charge >= 0.3 is 0 Å². The van der Waals surface area contributed by atoms with Gasteiger partial charge in [-0.05, 0) is 18.1 Å². The topological polar surface area (TPSA) is 38.5 Å². The zero-order valence-corrected chi connectivity index (χ0v) is 11.7. The molecule has 1 aliphatic rings. The monoisotopic (exact) mass is 298 g/mol. The lowest BCUT2D eigenvalue weighted by Crippen LogP contribution is -2.33. The van der Waals surface area contributed by atoms with Crippen LogP contribution in [0.2, 0.25) is 0 Å². The minimum absolute atomic E-state index is 0.283. The van der Waals surface area contributed by atoms with Gasteiger partial charge in [0.05, 0.1) is 6.10 Å². The van der Waals surface area contributed by atoms with Gasteiger partial charge in [-0.15, -0.1) is 0 Å². The lowest BCUT2D eigenvalue weighted by Gasteiger charge is -2.27. The highest BCUT2D eigenvalue weighted by Crippen LogP contribution is 2.30. The largest absolute Gasteiger partial charge is 0.380 e. The van der Waals surface area contributed by atoms with Crippen molar-refractivity contribution in [2.45, 2.75) is 18.6 Å². The molecule has 0 radical (unpaired) electrons. The van der Waals surface area contributed by atoms with Crippen molar-refractivity contribution in [3.63, 3.8) is 0 Å². The van der Waals surface area contributed by atoms with Crippen LogP contribution in [0.25, 0.3) is 0 Å². The highest BCUT2D eigenvalue weighted by molar-refractivity contribution is 9.10. The first kappa shape index (κ1) is 13.0. The number of rotatable bonds is 4. The second-order valence-corrected chi connectivity index (χ2v) is 5.27. The predicted molar refractivity (Wildman–Crippen MR) is 72.9 cm³/mol. The van der Waals surface area contributed by atoms with E-state index in [-0.39, 0.29) is 6.04 Å². The second kappa shape index (κ2) is 5.96. The first-order chi connectivity index (χ1) is 8.26. The van der Waals surface area contributed by atoms with Crippen molar-refractivity contribution in [1.29, 1.82) is 0 Å². The molecule has 1 aromatic rings. The van der Waals surface area contributed by atoms with Crippen molar-refractivity contribution in [2.75, 3.05) is 26.7 Å². The average molecular weight is 299 g/mol. The third-order valence-electron chi connectivity index (χ3n) is 3.44. The van der Waals surface area contributed by atoms with E-state index in [0.717, 1.165) is 24.0 Å². The summed E-state index contributed by atoms with van der Waals surface area (Å²) >= 11 is 3.60. The molecule has 17 heavy (non-hydrogen) atoms. The van der Waals surface area contributed by atoms with E-state index in [1.807, 2.05) is 6.07 Å². The maximum Gasteiger partial charge on any atom is 0.0710 e. The van der Waals surface area contributed by atoms with Crippen molar-refractivity contribution in [3.05, 3.63) is 34.3 Å². The third kappa shape index (κ3) is 2.88. The zero-order valence-electron chi connectivity index (χ0n) is 10.1. The van der Waals surface area contributed by atoms with Crippen molar-refractivity contribution in [1.82, 2.24) is 4.90 Å². The fourth-order valence-corrected chi connectivity index (χ4v) is 3.00. The van der Waals surface area contributed by atoms with Gasteiger partial charge in [0.1, 0.15) is 0 Å². The minimum Gasteiger partial charge on any atom is -0.380 e. The van der Waals surface area contributed by atoms with Crippen LogP contribution in [-0.4, -0.2) is 37.7 Å². The summed E-state index contributed by atoms with van der Waals surface area (Å²) in [4.78, 5) is 2.41. The molecule has 0 spiro atoms. The molecule has 0 bridgehead atoms. The van der Waals surface area contributed by atoms with Crippen molar-refractivity contribution in [2.24, 2.45) is 5.73 Å². The Hall–Kier alpha value is -0.420. The predicted octanol–water partition coefficient (Wildman–Crippen LogP) is 2.17. The van der Waals surface area contributed by atoms with Gasteiger partial charge in [0, 0.05) is 37.3 Å². The normalized spacial score (nSPS) is 22.9. The van der Waals surface area contributed by atoms with Gasteiger partial charge in [0.25, 0.3) is 0 Å². The molecule has 94 valence electrons.